The molecule has 0 spiro atoms. The second-order valence-electron chi connectivity index (χ2n) is 5.79. The van der Waals surface area contributed by atoms with Crippen LogP contribution in [-0.4, -0.2) is 51.0 Å². The second-order valence-corrected chi connectivity index (χ2v) is 6.13. The Labute approximate surface area is 129 Å². The number of aromatic nitrogens is 4. The number of H-pyrrole nitrogens is 1. The standard InChI is InChI=1S/C14H21ClN6/c1-10(8-21-5-3-2-4-6-21)7-16-12-11-13(18-9-17-11)20-14(15)19-12/h9-10H,2-8H2,1H3,(H2,16,17,18,19,20). The van der Waals surface area contributed by atoms with Crippen LogP contribution in [0.3, 0.4) is 0 Å². The third-order valence-corrected chi connectivity index (χ3v) is 4.06. The molecule has 2 aromatic heterocycles. The van der Waals surface area contributed by atoms with E-state index in [4.69, 9.17) is 11.6 Å². The van der Waals surface area contributed by atoms with Crippen molar-refractivity contribution in [3.05, 3.63) is 11.6 Å². The first-order valence-electron chi connectivity index (χ1n) is 7.55. The van der Waals surface area contributed by atoms with Gasteiger partial charge in [-0.15, -0.1) is 0 Å². The molecule has 21 heavy (non-hydrogen) atoms. The van der Waals surface area contributed by atoms with Crippen LogP contribution in [0.5, 0.6) is 0 Å². The SMILES string of the molecule is CC(CNc1nc(Cl)nc2nc[nH]c12)CN1CCCCC1. The van der Waals surface area contributed by atoms with Gasteiger partial charge < -0.3 is 15.2 Å². The minimum Gasteiger partial charge on any atom is -0.368 e. The molecule has 0 amide bonds. The number of imidazole rings is 1. The van der Waals surface area contributed by atoms with Crippen molar-refractivity contribution in [1.29, 1.82) is 0 Å². The fourth-order valence-electron chi connectivity index (χ4n) is 2.85. The molecule has 0 saturated carbocycles. The van der Waals surface area contributed by atoms with E-state index >= 15 is 0 Å². The van der Waals surface area contributed by atoms with E-state index in [1.807, 2.05) is 0 Å². The molecule has 1 aliphatic rings. The fourth-order valence-corrected chi connectivity index (χ4v) is 3.02. The Morgan fingerprint density at radius 3 is 2.95 bits per heavy atom. The summed E-state index contributed by atoms with van der Waals surface area (Å²) in [4.78, 5) is 18.1. The smallest absolute Gasteiger partial charge is 0.226 e. The zero-order valence-corrected chi connectivity index (χ0v) is 13.0. The summed E-state index contributed by atoms with van der Waals surface area (Å²) in [5.41, 5.74) is 1.41. The summed E-state index contributed by atoms with van der Waals surface area (Å²) in [5, 5.41) is 3.59. The molecule has 1 fully saturated rings. The monoisotopic (exact) mass is 308 g/mol. The van der Waals surface area contributed by atoms with Crippen LogP contribution >= 0.6 is 11.6 Å². The highest BCUT2D eigenvalue weighted by atomic mass is 35.5. The Hall–Kier alpha value is -1.40. The summed E-state index contributed by atoms with van der Waals surface area (Å²) >= 11 is 5.93. The first kappa shape index (κ1) is 14.5. The van der Waals surface area contributed by atoms with Crippen LogP contribution in [0.2, 0.25) is 5.28 Å². The molecule has 1 aliphatic heterocycles. The number of nitrogens with zero attached hydrogens (tertiary/aromatic N) is 4. The number of halogens is 1. The Balaban J connectivity index is 1.59. The van der Waals surface area contributed by atoms with E-state index in [0.717, 1.165) is 24.4 Å². The number of piperidine rings is 1. The van der Waals surface area contributed by atoms with Crippen molar-refractivity contribution in [3.8, 4) is 0 Å². The lowest BCUT2D eigenvalue weighted by Crippen LogP contribution is -2.35. The van der Waals surface area contributed by atoms with Crippen LogP contribution in [0.1, 0.15) is 26.2 Å². The molecule has 6 nitrogen and oxygen atoms in total. The molecule has 2 aromatic rings. The van der Waals surface area contributed by atoms with Crippen molar-refractivity contribution in [2.45, 2.75) is 26.2 Å². The lowest BCUT2D eigenvalue weighted by atomic mass is 10.1. The normalized spacial score (nSPS) is 18.0. The van der Waals surface area contributed by atoms with Gasteiger partial charge in [0.25, 0.3) is 0 Å². The lowest BCUT2D eigenvalue weighted by molar-refractivity contribution is 0.204. The summed E-state index contributed by atoms with van der Waals surface area (Å²) in [7, 11) is 0. The molecule has 3 heterocycles. The van der Waals surface area contributed by atoms with Crippen LogP contribution in [0.4, 0.5) is 5.82 Å². The Morgan fingerprint density at radius 2 is 2.14 bits per heavy atom. The van der Waals surface area contributed by atoms with Gasteiger partial charge in [0, 0.05) is 13.1 Å². The van der Waals surface area contributed by atoms with Crippen molar-refractivity contribution in [3.63, 3.8) is 0 Å². The molecule has 114 valence electrons. The van der Waals surface area contributed by atoms with Crippen LogP contribution < -0.4 is 5.32 Å². The fraction of sp³-hybridized carbons (Fsp3) is 0.643. The van der Waals surface area contributed by atoms with Gasteiger partial charge in [-0.2, -0.15) is 9.97 Å². The van der Waals surface area contributed by atoms with E-state index in [1.54, 1.807) is 6.33 Å². The highest BCUT2D eigenvalue weighted by molar-refractivity contribution is 6.28. The Morgan fingerprint density at radius 1 is 1.33 bits per heavy atom. The molecule has 2 N–H and O–H groups in total. The number of rotatable bonds is 5. The highest BCUT2D eigenvalue weighted by Crippen LogP contribution is 2.19. The van der Waals surface area contributed by atoms with Crippen LogP contribution in [0.25, 0.3) is 11.2 Å². The molecule has 0 radical (unpaired) electrons. The van der Waals surface area contributed by atoms with Gasteiger partial charge in [-0.3, -0.25) is 0 Å². The van der Waals surface area contributed by atoms with Gasteiger partial charge in [0.1, 0.15) is 5.52 Å². The van der Waals surface area contributed by atoms with E-state index < -0.39 is 0 Å². The van der Waals surface area contributed by atoms with E-state index in [2.05, 4.69) is 37.1 Å². The van der Waals surface area contributed by atoms with Crippen molar-refractivity contribution in [2.24, 2.45) is 5.92 Å². The maximum absolute atomic E-state index is 5.93. The molecule has 0 aliphatic carbocycles. The van der Waals surface area contributed by atoms with Crippen molar-refractivity contribution >= 4 is 28.6 Å². The van der Waals surface area contributed by atoms with Gasteiger partial charge in [0.15, 0.2) is 11.5 Å². The van der Waals surface area contributed by atoms with Gasteiger partial charge in [-0.05, 0) is 43.5 Å². The maximum atomic E-state index is 5.93. The number of anilines is 1. The number of fused-ring (bicyclic) bond motifs is 1. The predicted molar refractivity (Wildman–Crippen MR) is 84.6 cm³/mol. The van der Waals surface area contributed by atoms with E-state index in [-0.39, 0.29) is 5.28 Å². The summed E-state index contributed by atoms with van der Waals surface area (Å²) in [5.74, 6) is 1.28. The molecular formula is C14H21ClN6. The van der Waals surface area contributed by atoms with Crippen molar-refractivity contribution in [2.75, 3.05) is 31.5 Å². The first-order valence-corrected chi connectivity index (χ1v) is 7.93. The van der Waals surface area contributed by atoms with E-state index in [9.17, 15) is 0 Å². The van der Waals surface area contributed by atoms with E-state index in [0.29, 0.717) is 11.6 Å². The minimum atomic E-state index is 0.223. The van der Waals surface area contributed by atoms with Gasteiger partial charge in [-0.1, -0.05) is 13.3 Å². The topological polar surface area (TPSA) is 69.7 Å². The first-order chi connectivity index (χ1) is 10.2. The average molecular weight is 309 g/mol. The van der Waals surface area contributed by atoms with E-state index in [1.165, 1.54) is 32.4 Å². The van der Waals surface area contributed by atoms with Crippen LogP contribution in [-0.2, 0) is 0 Å². The molecule has 7 heteroatoms. The zero-order chi connectivity index (χ0) is 14.7. The molecule has 1 atom stereocenters. The molecule has 0 bridgehead atoms. The number of likely N-dealkylation sites (tertiary alicyclic amines) is 1. The zero-order valence-electron chi connectivity index (χ0n) is 12.3. The molecular weight excluding hydrogens is 288 g/mol. The summed E-state index contributed by atoms with van der Waals surface area (Å²) < 4.78 is 0. The quantitative estimate of drug-likeness (QED) is 0.831. The molecule has 0 aromatic carbocycles. The van der Waals surface area contributed by atoms with Gasteiger partial charge >= 0.3 is 0 Å². The number of hydrogen-bond donors (Lipinski definition) is 2. The molecule has 1 unspecified atom stereocenters. The van der Waals surface area contributed by atoms with Crippen LogP contribution in [0, 0.1) is 5.92 Å². The predicted octanol–water partition coefficient (Wildman–Crippen LogP) is 2.54. The van der Waals surface area contributed by atoms with Gasteiger partial charge in [0.05, 0.1) is 6.33 Å². The molecule has 3 rings (SSSR count). The number of aromatic amines is 1. The summed E-state index contributed by atoms with van der Waals surface area (Å²) in [6, 6.07) is 0. The number of nitrogens with one attached hydrogen (secondary N) is 2. The van der Waals surface area contributed by atoms with Crippen molar-refractivity contribution < 1.29 is 0 Å². The lowest BCUT2D eigenvalue weighted by Gasteiger charge is -2.29. The highest BCUT2D eigenvalue weighted by Gasteiger charge is 2.14. The third-order valence-electron chi connectivity index (χ3n) is 3.89. The Bertz CT molecular complexity index is 592. The Kier molecular flexibility index (Phi) is 4.55. The average Bonchev–Trinajstić information content (AvgIpc) is 2.94. The van der Waals surface area contributed by atoms with Gasteiger partial charge in [-0.25, -0.2) is 4.98 Å². The summed E-state index contributed by atoms with van der Waals surface area (Å²) in [6.07, 6.45) is 5.64. The van der Waals surface area contributed by atoms with Crippen molar-refractivity contribution in [1.82, 2.24) is 24.8 Å². The third kappa shape index (κ3) is 3.63. The summed E-state index contributed by atoms with van der Waals surface area (Å²) in [6.45, 7) is 6.70. The number of hydrogen-bond acceptors (Lipinski definition) is 5. The van der Waals surface area contributed by atoms with Gasteiger partial charge in [0.2, 0.25) is 5.28 Å². The maximum Gasteiger partial charge on any atom is 0.226 e. The minimum absolute atomic E-state index is 0.223. The van der Waals surface area contributed by atoms with Crippen LogP contribution in [0.15, 0.2) is 6.33 Å². The largest absolute Gasteiger partial charge is 0.368 e. The second kappa shape index (κ2) is 6.58. The molecule has 1 saturated heterocycles.